The predicted molar refractivity (Wildman–Crippen MR) is 314 cm³/mol. The van der Waals surface area contributed by atoms with Gasteiger partial charge in [0.2, 0.25) is 0 Å². The Kier molecular flexibility index (Phi) is 20.0. The van der Waals surface area contributed by atoms with Crippen LogP contribution in [0.1, 0.15) is 100 Å². The third kappa shape index (κ3) is 14.2. The fraction of sp³-hybridized carbons (Fsp3) is 0.188. The minimum Gasteiger partial charge on any atom is -0.356 e. The van der Waals surface area contributed by atoms with Crippen molar-refractivity contribution in [1.82, 2.24) is 0 Å². The molecule has 0 aliphatic heterocycles. The Bertz CT molecular complexity index is 2900. The molecule has 1 unspecified atom stereocenters. The summed E-state index contributed by atoms with van der Waals surface area (Å²) in [5.74, 6) is 0.472. The highest BCUT2D eigenvalue weighted by molar-refractivity contribution is 5.86. The molecule has 0 bridgehead atoms. The number of rotatable bonds is 9. The van der Waals surface area contributed by atoms with Gasteiger partial charge >= 0.3 is 0 Å². The lowest BCUT2D eigenvalue weighted by Crippen LogP contribution is -2.19. The fourth-order valence-corrected chi connectivity index (χ4v) is 9.10. The van der Waals surface area contributed by atoms with Crippen molar-refractivity contribution in [1.29, 1.82) is 0 Å². The van der Waals surface area contributed by atoms with Crippen molar-refractivity contribution >= 4 is 28.3 Å². The number of hydrogen-bond donors (Lipinski definition) is 1. The van der Waals surface area contributed by atoms with Crippen molar-refractivity contribution in [2.24, 2.45) is 0 Å². The van der Waals surface area contributed by atoms with Crippen molar-refractivity contribution in [3.63, 3.8) is 0 Å². The molecule has 0 heterocycles. The number of benzene rings is 6. The molecule has 0 fully saturated rings. The van der Waals surface area contributed by atoms with Gasteiger partial charge in [-0.05, 0) is 170 Å². The Morgan fingerprint density at radius 2 is 1.24 bits per heavy atom. The molecule has 0 saturated carbocycles. The Hall–Kier alpha value is -7.68. The number of hydrogen-bond acceptors (Lipinski definition) is 2. The van der Waals surface area contributed by atoms with Gasteiger partial charge in [-0.1, -0.05) is 203 Å². The molecule has 2 heteroatoms. The van der Waals surface area contributed by atoms with E-state index in [1.54, 1.807) is 18.2 Å². The van der Waals surface area contributed by atoms with Crippen LogP contribution < -0.4 is 10.2 Å². The van der Waals surface area contributed by atoms with Gasteiger partial charge in [-0.25, -0.2) is 0 Å². The van der Waals surface area contributed by atoms with Gasteiger partial charge in [-0.2, -0.15) is 0 Å². The molecule has 0 spiro atoms. The van der Waals surface area contributed by atoms with Crippen LogP contribution >= 0.6 is 0 Å². The minimum absolute atomic E-state index is 0.128. The Morgan fingerprint density at radius 1 is 0.592 bits per heavy atom. The summed E-state index contributed by atoms with van der Waals surface area (Å²) < 4.78 is 0. The van der Waals surface area contributed by atoms with E-state index in [-0.39, 0.29) is 5.41 Å². The van der Waals surface area contributed by atoms with E-state index in [2.05, 4.69) is 251 Å². The van der Waals surface area contributed by atoms with Gasteiger partial charge in [0.05, 0.1) is 0 Å². The third-order valence-corrected chi connectivity index (χ3v) is 12.9. The van der Waals surface area contributed by atoms with Gasteiger partial charge < -0.3 is 10.2 Å². The Morgan fingerprint density at radius 3 is 1.83 bits per heavy atom. The lowest BCUT2D eigenvalue weighted by atomic mass is 9.82. The zero-order valence-electron chi connectivity index (χ0n) is 43.1. The quantitative estimate of drug-likeness (QED) is 0.115. The van der Waals surface area contributed by atoms with Gasteiger partial charge in [0, 0.05) is 39.8 Å². The second-order valence-corrected chi connectivity index (χ2v) is 18.4. The van der Waals surface area contributed by atoms with Crippen molar-refractivity contribution in [2.45, 2.75) is 85.0 Å². The van der Waals surface area contributed by atoms with E-state index in [1.165, 1.54) is 85.6 Å². The van der Waals surface area contributed by atoms with Crippen LogP contribution in [0.15, 0.2) is 256 Å². The maximum absolute atomic E-state index is 3.64. The highest BCUT2D eigenvalue weighted by Crippen LogP contribution is 2.51. The maximum atomic E-state index is 3.64. The molecule has 4 aliphatic carbocycles. The van der Waals surface area contributed by atoms with Gasteiger partial charge in [-0.3, -0.25) is 0 Å². The summed E-state index contributed by atoms with van der Waals surface area (Å²) in [6.07, 6.45) is 36.9. The average Bonchev–Trinajstić information content (AvgIpc) is 3.65. The summed E-state index contributed by atoms with van der Waals surface area (Å²) in [5, 5.41) is 3.64. The van der Waals surface area contributed by atoms with Crippen molar-refractivity contribution in [2.75, 3.05) is 10.2 Å². The molecular formula is C69H74N2. The lowest BCUT2D eigenvalue weighted by molar-refractivity contribution is 0.660. The highest BCUT2D eigenvalue weighted by Gasteiger charge is 2.36. The van der Waals surface area contributed by atoms with Crippen LogP contribution in [0.5, 0.6) is 0 Å². The first-order valence-electron chi connectivity index (χ1n) is 25.3. The first-order chi connectivity index (χ1) is 34.6. The molecule has 360 valence electrons. The van der Waals surface area contributed by atoms with Crippen LogP contribution in [0.25, 0.3) is 27.8 Å². The van der Waals surface area contributed by atoms with Gasteiger partial charge in [0.15, 0.2) is 0 Å². The molecule has 0 saturated heterocycles. The van der Waals surface area contributed by atoms with Crippen molar-refractivity contribution in [3.8, 4) is 22.3 Å². The molecule has 0 amide bonds. The van der Waals surface area contributed by atoms with Crippen molar-refractivity contribution < 1.29 is 0 Å². The number of nitrogens with one attached hydrogen (secondary N) is 1. The molecule has 0 radical (unpaired) electrons. The molecule has 0 aromatic heterocycles. The Balaban J connectivity index is 0.000000296. The number of fused-ring (bicyclic) bond motifs is 3. The molecule has 6 aromatic rings. The van der Waals surface area contributed by atoms with Crippen LogP contribution in [-0.4, -0.2) is 0 Å². The van der Waals surface area contributed by atoms with E-state index in [4.69, 9.17) is 0 Å². The molecule has 1 atom stereocenters. The largest absolute Gasteiger partial charge is 0.356 e. The monoisotopic (exact) mass is 931 g/mol. The number of aryl methyl sites for hydroxylation is 1. The molecule has 10 rings (SSSR count). The molecule has 1 N–H and O–H groups in total. The number of allylic oxidation sites excluding steroid dienone is 17. The zero-order chi connectivity index (χ0) is 50.4. The van der Waals surface area contributed by atoms with Crippen LogP contribution in [0, 0.1) is 6.92 Å². The summed E-state index contributed by atoms with van der Waals surface area (Å²) in [4.78, 5) is 2.46. The van der Waals surface area contributed by atoms with Crippen LogP contribution in [0.4, 0.5) is 22.7 Å². The summed E-state index contributed by atoms with van der Waals surface area (Å²) in [6.45, 7) is 22.8. The number of anilines is 4. The average molecular weight is 931 g/mol. The van der Waals surface area contributed by atoms with Gasteiger partial charge in [-0.15, -0.1) is 6.58 Å². The normalized spacial score (nSPS) is 15.2. The van der Waals surface area contributed by atoms with Gasteiger partial charge in [0.25, 0.3) is 0 Å². The topological polar surface area (TPSA) is 15.3 Å². The van der Waals surface area contributed by atoms with Crippen LogP contribution in [0.2, 0.25) is 0 Å². The molecule has 6 aromatic carbocycles. The van der Waals surface area contributed by atoms with E-state index in [9.17, 15) is 0 Å². The maximum Gasteiger partial charge on any atom is 0.0461 e. The first kappa shape index (κ1) is 52.7. The summed E-state index contributed by atoms with van der Waals surface area (Å²) in [5.41, 5.74) is 19.0. The summed E-state index contributed by atoms with van der Waals surface area (Å²) >= 11 is 0. The van der Waals surface area contributed by atoms with Crippen LogP contribution in [-0.2, 0) is 5.41 Å². The molecule has 71 heavy (non-hydrogen) atoms. The second-order valence-electron chi connectivity index (χ2n) is 18.4. The first-order valence-corrected chi connectivity index (χ1v) is 25.3. The zero-order valence-corrected chi connectivity index (χ0v) is 43.1. The molecule has 4 aliphatic rings. The van der Waals surface area contributed by atoms with Crippen LogP contribution in [0.3, 0.4) is 0 Å². The standard InChI is InChI=1S/C46H42N2.C12H12.C4H8.C4H6.C3H6/c1-32-11-10-14-37(29-32)47-38-23-27-42-43-28-26-41(31-45(43)46(2,3)44(42)30-38)48(39-15-8-5-9-16-39)40-24-21-36(22-25-40)35-19-17-34(18-20-35)33-12-6-4-7-13-33;1-3-7-11(8-4-1)12-9-5-2-6-10-12;2*1-3-4-2;1-3-2/h4-8,10-12,14-15,17-31,33,47H,9,13,16H2,1-3H3;1,3-5,7-10H,2,6H2;3-4H,1-2H3;3-4H,1-2H2;3H,1H2,2H3/b;;4-3-;;. The van der Waals surface area contributed by atoms with Crippen molar-refractivity contribution in [3.05, 3.63) is 284 Å². The predicted octanol–water partition coefficient (Wildman–Crippen LogP) is 20.2. The Labute approximate surface area is 427 Å². The van der Waals surface area contributed by atoms with E-state index in [1.807, 2.05) is 32.9 Å². The smallest absolute Gasteiger partial charge is 0.0461 e. The van der Waals surface area contributed by atoms with E-state index in [0.717, 1.165) is 30.6 Å². The van der Waals surface area contributed by atoms with E-state index >= 15 is 0 Å². The lowest BCUT2D eigenvalue weighted by Gasteiger charge is -2.30. The number of nitrogens with zero attached hydrogens (tertiary/aromatic N) is 1. The minimum atomic E-state index is -0.128. The molecule has 2 nitrogen and oxygen atoms in total. The van der Waals surface area contributed by atoms with E-state index in [0.29, 0.717) is 5.92 Å². The summed E-state index contributed by atoms with van der Waals surface area (Å²) in [6, 6.07) is 51.2. The summed E-state index contributed by atoms with van der Waals surface area (Å²) in [7, 11) is 0. The third-order valence-electron chi connectivity index (χ3n) is 12.9. The highest BCUT2D eigenvalue weighted by atomic mass is 15.1. The SMILES string of the molecule is C/C=C\C.C1=CC(c2ccccc2)=CCC1.C=CC.C=CC=C.Cc1cccc(Nc2ccc3c(c2)C(C)(C)c2cc(N(C4=CC=CCC4)c4ccc(-c5ccc(C6C=CC=CC6)cc5)cc4)ccc2-3)c1. The molecular weight excluding hydrogens is 857 g/mol. The van der Waals surface area contributed by atoms with E-state index < -0.39 is 0 Å². The second kappa shape index (κ2) is 26.9. The fourth-order valence-electron chi connectivity index (χ4n) is 9.10. The van der Waals surface area contributed by atoms with Gasteiger partial charge in [0.1, 0.15) is 0 Å².